The molecule has 0 bridgehead atoms. The predicted molar refractivity (Wildman–Crippen MR) is 77.8 cm³/mol. The van der Waals surface area contributed by atoms with Crippen molar-refractivity contribution in [2.45, 2.75) is 70.7 Å². The summed E-state index contributed by atoms with van der Waals surface area (Å²) in [4.78, 5) is 14.1. The van der Waals surface area contributed by atoms with E-state index in [1.54, 1.807) is 0 Å². The molecule has 5 nitrogen and oxygen atoms in total. The fraction of sp³-hybridized carbons (Fsp3) is 0.933. The number of carbonyl (C=O) groups excluding carboxylic acids is 1. The van der Waals surface area contributed by atoms with Gasteiger partial charge in [-0.15, -0.1) is 0 Å². The topological polar surface area (TPSA) is 50.8 Å². The van der Waals surface area contributed by atoms with Gasteiger partial charge in [0, 0.05) is 18.6 Å². The Hall–Kier alpha value is -0.810. The molecule has 2 aliphatic rings. The fourth-order valence-corrected chi connectivity index (χ4v) is 2.54. The first-order chi connectivity index (χ1) is 9.35. The van der Waals surface area contributed by atoms with Gasteiger partial charge in [0.05, 0.1) is 19.3 Å². The van der Waals surface area contributed by atoms with Crippen molar-refractivity contribution in [1.82, 2.24) is 10.2 Å². The third-order valence-corrected chi connectivity index (χ3v) is 3.58. The van der Waals surface area contributed by atoms with Crippen molar-refractivity contribution >= 4 is 6.09 Å². The van der Waals surface area contributed by atoms with Crippen LogP contribution in [-0.4, -0.2) is 54.5 Å². The Morgan fingerprint density at radius 2 is 2.15 bits per heavy atom. The molecule has 1 N–H and O–H groups in total. The first kappa shape index (κ1) is 15.6. The van der Waals surface area contributed by atoms with Crippen molar-refractivity contribution in [3.05, 3.63) is 0 Å². The molecule has 1 heterocycles. The molecule has 1 amide bonds. The predicted octanol–water partition coefficient (Wildman–Crippen LogP) is 2.15. The number of nitrogens with zero attached hydrogens (tertiary/aromatic N) is 1. The SMILES string of the molecule is CC(CC1COCCN1C(=O)OC(C)(C)C)NC1CC1. The maximum atomic E-state index is 12.3. The minimum Gasteiger partial charge on any atom is -0.444 e. The lowest BCUT2D eigenvalue weighted by Crippen LogP contribution is -2.52. The number of amides is 1. The van der Waals surface area contributed by atoms with E-state index in [2.05, 4.69) is 12.2 Å². The Kier molecular flexibility index (Phi) is 4.91. The Morgan fingerprint density at radius 1 is 1.45 bits per heavy atom. The van der Waals surface area contributed by atoms with Gasteiger partial charge < -0.3 is 19.7 Å². The quantitative estimate of drug-likeness (QED) is 0.859. The van der Waals surface area contributed by atoms with Crippen LogP contribution in [0.3, 0.4) is 0 Å². The van der Waals surface area contributed by atoms with Crippen LogP contribution in [0.1, 0.15) is 47.0 Å². The molecular weight excluding hydrogens is 256 g/mol. The first-order valence-electron chi connectivity index (χ1n) is 7.68. The third-order valence-electron chi connectivity index (χ3n) is 3.58. The Bertz CT molecular complexity index is 337. The molecule has 5 heteroatoms. The van der Waals surface area contributed by atoms with E-state index in [-0.39, 0.29) is 12.1 Å². The third kappa shape index (κ3) is 4.94. The van der Waals surface area contributed by atoms with Crippen molar-refractivity contribution < 1.29 is 14.3 Å². The summed E-state index contributed by atoms with van der Waals surface area (Å²) in [7, 11) is 0. The van der Waals surface area contributed by atoms with Crippen LogP contribution >= 0.6 is 0 Å². The van der Waals surface area contributed by atoms with Crippen LogP contribution in [0.4, 0.5) is 4.79 Å². The summed E-state index contributed by atoms with van der Waals surface area (Å²) in [5.74, 6) is 0. The maximum Gasteiger partial charge on any atom is 0.410 e. The second kappa shape index (κ2) is 6.31. The Labute approximate surface area is 122 Å². The summed E-state index contributed by atoms with van der Waals surface area (Å²) < 4.78 is 11.0. The summed E-state index contributed by atoms with van der Waals surface area (Å²) in [5.41, 5.74) is -0.447. The van der Waals surface area contributed by atoms with Gasteiger partial charge in [0.25, 0.3) is 0 Å². The summed E-state index contributed by atoms with van der Waals surface area (Å²) in [6.45, 7) is 9.71. The molecular formula is C15H28N2O3. The minimum absolute atomic E-state index is 0.111. The molecule has 2 atom stereocenters. The van der Waals surface area contributed by atoms with E-state index in [4.69, 9.17) is 9.47 Å². The molecule has 0 aromatic heterocycles. The van der Waals surface area contributed by atoms with Crippen molar-refractivity contribution in [3.8, 4) is 0 Å². The molecule has 0 spiro atoms. The van der Waals surface area contributed by atoms with Gasteiger partial charge in [0.1, 0.15) is 5.60 Å². The van der Waals surface area contributed by atoms with E-state index < -0.39 is 5.60 Å². The van der Waals surface area contributed by atoms with E-state index in [9.17, 15) is 4.79 Å². The highest BCUT2D eigenvalue weighted by atomic mass is 16.6. The van der Waals surface area contributed by atoms with Gasteiger partial charge in [0.2, 0.25) is 0 Å². The van der Waals surface area contributed by atoms with Gasteiger partial charge in [-0.1, -0.05) is 0 Å². The number of morpholine rings is 1. The van der Waals surface area contributed by atoms with Crippen molar-refractivity contribution in [2.24, 2.45) is 0 Å². The Morgan fingerprint density at radius 3 is 2.75 bits per heavy atom. The highest BCUT2D eigenvalue weighted by Crippen LogP contribution is 2.22. The van der Waals surface area contributed by atoms with E-state index in [0.717, 1.165) is 6.42 Å². The number of carbonyl (C=O) groups is 1. The van der Waals surface area contributed by atoms with Crippen molar-refractivity contribution in [2.75, 3.05) is 19.8 Å². The number of nitrogens with one attached hydrogen (secondary N) is 1. The molecule has 1 aliphatic carbocycles. The lowest BCUT2D eigenvalue weighted by atomic mass is 10.1. The molecule has 0 aromatic rings. The standard InChI is InChI=1S/C15H28N2O3/c1-11(16-12-5-6-12)9-13-10-19-8-7-17(13)14(18)20-15(2,3)4/h11-13,16H,5-10H2,1-4H3. The normalized spacial score (nSPS) is 25.4. The number of hydrogen-bond donors (Lipinski definition) is 1. The molecule has 20 heavy (non-hydrogen) atoms. The van der Waals surface area contributed by atoms with Gasteiger partial charge in [-0.2, -0.15) is 0 Å². The van der Waals surface area contributed by atoms with Gasteiger partial charge in [-0.25, -0.2) is 4.79 Å². The highest BCUT2D eigenvalue weighted by molar-refractivity contribution is 5.68. The average Bonchev–Trinajstić information content (AvgIpc) is 3.11. The molecule has 2 fully saturated rings. The van der Waals surface area contributed by atoms with Crippen LogP contribution in [-0.2, 0) is 9.47 Å². The molecule has 2 rings (SSSR count). The molecule has 0 aromatic carbocycles. The summed E-state index contributed by atoms with van der Waals surface area (Å²) in [6.07, 6.45) is 3.25. The van der Waals surface area contributed by atoms with E-state index in [1.807, 2.05) is 25.7 Å². The van der Waals surface area contributed by atoms with Crippen LogP contribution in [0.5, 0.6) is 0 Å². The van der Waals surface area contributed by atoms with Gasteiger partial charge >= 0.3 is 6.09 Å². The van der Waals surface area contributed by atoms with Crippen LogP contribution in [0.25, 0.3) is 0 Å². The minimum atomic E-state index is -0.447. The van der Waals surface area contributed by atoms with Gasteiger partial charge in [-0.05, 0) is 47.0 Å². The second-order valence-corrected chi connectivity index (χ2v) is 6.98. The zero-order valence-corrected chi connectivity index (χ0v) is 13.1. The summed E-state index contributed by atoms with van der Waals surface area (Å²) >= 11 is 0. The molecule has 0 radical (unpaired) electrons. The zero-order valence-electron chi connectivity index (χ0n) is 13.1. The number of ether oxygens (including phenoxy) is 2. The van der Waals surface area contributed by atoms with Crippen LogP contribution in [0.15, 0.2) is 0 Å². The summed E-state index contributed by atoms with van der Waals surface area (Å²) in [6, 6.07) is 1.20. The largest absolute Gasteiger partial charge is 0.444 e. The average molecular weight is 284 g/mol. The van der Waals surface area contributed by atoms with Gasteiger partial charge in [0.15, 0.2) is 0 Å². The number of hydrogen-bond acceptors (Lipinski definition) is 4. The molecule has 116 valence electrons. The molecule has 1 saturated heterocycles. The lowest BCUT2D eigenvalue weighted by Gasteiger charge is -2.37. The van der Waals surface area contributed by atoms with Crippen molar-refractivity contribution in [3.63, 3.8) is 0 Å². The zero-order chi connectivity index (χ0) is 14.8. The first-order valence-corrected chi connectivity index (χ1v) is 7.68. The monoisotopic (exact) mass is 284 g/mol. The molecule has 2 unspecified atom stereocenters. The molecule has 1 saturated carbocycles. The number of rotatable bonds is 4. The van der Waals surface area contributed by atoms with Crippen LogP contribution in [0, 0.1) is 0 Å². The highest BCUT2D eigenvalue weighted by Gasteiger charge is 2.33. The van der Waals surface area contributed by atoms with E-state index in [0.29, 0.717) is 31.8 Å². The fourth-order valence-electron chi connectivity index (χ4n) is 2.54. The van der Waals surface area contributed by atoms with E-state index >= 15 is 0 Å². The van der Waals surface area contributed by atoms with E-state index in [1.165, 1.54) is 12.8 Å². The van der Waals surface area contributed by atoms with Gasteiger partial charge in [-0.3, -0.25) is 0 Å². The smallest absolute Gasteiger partial charge is 0.410 e. The second-order valence-electron chi connectivity index (χ2n) is 6.98. The summed E-state index contributed by atoms with van der Waals surface area (Å²) in [5, 5.41) is 3.57. The van der Waals surface area contributed by atoms with Crippen LogP contribution in [0.2, 0.25) is 0 Å². The van der Waals surface area contributed by atoms with Crippen molar-refractivity contribution in [1.29, 1.82) is 0 Å². The Balaban J connectivity index is 1.88. The maximum absolute atomic E-state index is 12.3. The molecule has 1 aliphatic heterocycles. The van der Waals surface area contributed by atoms with Crippen LogP contribution < -0.4 is 5.32 Å². The lowest BCUT2D eigenvalue weighted by molar-refractivity contribution is -0.0355.